The van der Waals surface area contributed by atoms with E-state index < -0.39 is 5.79 Å². The highest BCUT2D eigenvalue weighted by molar-refractivity contribution is 5.13. The Morgan fingerprint density at radius 1 is 1.17 bits per heavy atom. The van der Waals surface area contributed by atoms with Gasteiger partial charge in [0.15, 0.2) is 12.1 Å². The predicted octanol–water partition coefficient (Wildman–Crippen LogP) is 2.33. The first-order valence-corrected chi connectivity index (χ1v) is 6.11. The van der Waals surface area contributed by atoms with Crippen molar-refractivity contribution >= 4 is 0 Å². The Labute approximate surface area is 108 Å². The lowest BCUT2D eigenvalue weighted by atomic mass is 10.2. The fraction of sp³-hybridized carbons (Fsp3) is 0.571. The third-order valence-electron chi connectivity index (χ3n) is 2.76. The van der Waals surface area contributed by atoms with Gasteiger partial charge in [-0.3, -0.25) is 0 Å². The van der Waals surface area contributed by atoms with Crippen LogP contribution in [0.3, 0.4) is 0 Å². The van der Waals surface area contributed by atoms with Crippen LogP contribution in [0.5, 0.6) is 0 Å². The zero-order valence-electron chi connectivity index (χ0n) is 11.1. The van der Waals surface area contributed by atoms with E-state index in [1.165, 1.54) is 0 Å². The normalized spacial score (nSPS) is 26.4. The fourth-order valence-electron chi connectivity index (χ4n) is 1.98. The number of hydrogen-bond acceptors (Lipinski definition) is 4. The van der Waals surface area contributed by atoms with Crippen LogP contribution in [-0.2, 0) is 25.6 Å². The Hall–Kier alpha value is -0.940. The molecule has 0 aromatic heterocycles. The maximum absolute atomic E-state index is 5.72. The van der Waals surface area contributed by atoms with Gasteiger partial charge in [-0.1, -0.05) is 30.3 Å². The van der Waals surface area contributed by atoms with E-state index in [0.29, 0.717) is 13.2 Å². The van der Waals surface area contributed by atoms with Gasteiger partial charge in [0.05, 0.1) is 13.2 Å². The van der Waals surface area contributed by atoms with Gasteiger partial charge >= 0.3 is 0 Å². The second-order valence-electron chi connectivity index (χ2n) is 4.78. The quantitative estimate of drug-likeness (QED) is 0.806. The molecule has 0 radical (unpaired) electrons. The van der Waals surface area contributed by atoms with Crippen LogP contribution in [0.2, 0.25) is 0 Å². The lowest BCUT2D eigenvalue weighted by molar-refractivity contribution is -0.182. The highest BCUT2D eigenvalue weighted by atomic mass is 16.8. The summed E-state index contributed by atoms with van der Waals surface area (Å²) >= 11 is 0. The van der Waals surface area contributed by atoms with Gasteiger partial charge < -0.3 is 18.9 Å². The number of hydrogen-bond donors (Lipinski definition) is 0. The maximum atomic E-state index is 5.72. The molecule has 1 aromatic carbocycles. The minimum absolute atomic E-state index is 0.186. The van der Waals surface area contributed by atoms with Crippen molar-refractivity contribution < 1.29 is 18.9 Å². The molecule has 0 spiro atoms. The van der Waals surface area contributed by atoms with Crippen molar-refractivity contribution in [2.75, 3.05) is 13.7 Å². The average molecular weight is 252 g/mol. The first-order chi connectivity index (χ1) is 8.61. The molecular weight excluding hydrogens is 232 g/mol. The van der Waals surface area contributed by atoms with Gasteiger partial charge in [-0.2, -0.15) is 0 Å². The van der Waals surface area contributed by atoms with E-state index in [1.807, 2.05) is 44.2 Å². The van der Waals surface area contributed by atoms with Crippen molar-refractivity contribution in [1.82, 2.24) is 0 Å². The molecule has 0 N–H and O–H groups in total. The van der Waals surface area contributed by atoms with Crippen molar-refractivity contribution in [2.45, 2.75) is 38.6 Å². The van der Waals surface area contributed by atoms with E-state index in [-0.39, 0.29) is 12.4 Å². The van der Waals surface area contributed by atoms with Gasteiger partial charge in [-0.15, -0.1) is 0 Å². The van der Waals surface area contributed by atoms with Gasteiger partial charge in [0, 0.05) is 7.11 Å². The van der Waals surface area contributed by atoms with Crippen molar-refractivity contribution in [3.63, 3.8) is 0 Å². The summed E-state index contributed by atoms with van der Waals surface area (Å²) < 4.78 is 22.2. The Kier molecular flexibility index (Phi) is 4.35. The minimum Gasteiger partial charge on any atom is -0.374 e. The van der Waals surface area contributed by atoms with Crippen LogP contribution in [0, 0.1) is 0 Å². The van der Waals surface area contributed by atoms with Gasteiger partial charge in [0.25, 0.3) is 0 Å². The van der Waals surface area contributed by atoms with E-state index in [9.17, 15) is 0 Å². The molecule has 100 valence electrons. The van der Waals surface area contributed by atoms with Crippen molar-refractivity contribution in [3.8, 4) is 0 Å². The molecule has 1 fully saturated rings. The van der Waals surface area contributed by atoms with Crippen LogP contribution in [0.25, 0.3) is 0 Å². The second kappa shape index (κ2) is 5.80. The molecule has 4 heteroatoms. The molecule has 2 rings (SSSR count). The van der Waals surface area contributed by atoms with Crippen molar-refractivity contribution in [3.05, 3.63) is 35.9 Å². The smallest absolute Gasteiger partial charge is 0.189 e. The molecule has 0 saturated carbocycles. The van der Waals surface area contributed by atoms with Crippen molar-refractivity contribution in [2.24, 2.45) is 0 Å². The third-order valence-corrected chi connectivity index (χ3v) is 2.76. The SMILES string of the molecule is COC1OC(C)(C)OC1COCc1ccccc1. The molecule has 2 unspecified atom stereocenters. The summed E-state index contributed by atoms with van der Waals surface area (Å²) in [6.45, 7) is 4.76. The molecule has 1 saturated heterocycles. The van der Waals surface area contributed by atoms with Crippen LogP contribution in [0.4, 0.5) is 0 Å². The molecule has 1 aliphatic rings. The summed E-state index contributed by atoms with van der Waals surface area (Å²) in [5.74, 6) is -0.610. The van der Waals surface area contributed by atoms with Crippen LogP contribution in [0.1, 0.15) is 19.4 Å². The standard InChI is InChI=1S/C14H20O4/c1-14(2)17-12(13(15-3)18-14)10-16-9-11-7-5-4-6-8-11/h4-8,12-13H,9-10H2,1-3H3. The Balaban J connectivity index is 1.80. The van der Waals surface area contributed by atoms with Crippen molar-refractivity contribution in [1.29, 1.82) is 0 Å². The number of rotatable bonds is 5. The van der Waals surface area contributed by atoms with E-state index in [2.05, 4.69) is 0 Å². The second-order valence-corrected chi connectivity index (χ2v) is 4.78. The Bertz CT molecular complexity index is 363. The molecule has 0 bridgehead atoms. The highest BCUT2D eigenvalue weighted by Crippen LogP contribution is 2.28. The number of benzene rings is 1. The Morgan fingerprint density at radius 3 is 2.56 bits per heavy atom. The topological polar surface area (TPSA) is 36.9 Å². The minimum atomic E-state index is -0.610. The summed E-state index contributed by atoms with van der Waals surface area (Å²) in [6, 6.07) is 10.0. The first kappa shape index (κ1) is 13.5. The summed E-state index contributed by atoms with van der Waals surface area (Å²) in [5.41, 5.74) is 1.14. The highest BCUT2D eigenvalue weighted by Gasteiger charge is 2.41. The van der Waals surface area contributed by atoms with Gasteiger partial charge in [0.1, 0.15) is 6.10 Å². The molecule has 1 aromatic rings. The monoisotopic (exact) mass is 252 g/mol. The van der Waals surface area contributed by atoms with Gasteiger partial charge in [-0.25, -0.2) is 0 Å². The zero-order chi connectivity index (χ0) is 13.0. The predicted molar refractivity (Wildman–Crippen MR) is 66.9 cm³/mol. The summed E-state index contributed by atoms with van der Waals surface area (Å²) in [7, 11) is 1.61. The fourth-order valence-corrected chi connectivity index (χ4v) is 1.98. The summed E-state index contributed by atoms with van der Waals surface area (Å²) in [4.78, 5) is 0. The van der Waals surface area contributed by atoms with E-state index in [1.54, 1.807) is 7.11 Å². The lowest BCUT2D eigenvalue weighted by Crippen LogP contribution is -2.29. The van der Waals surface area contributed by atoms with E-state index in [0.717, 1.165) is 5.56 Å². The van der Waals surface area contributed by atoms with Gasteiger partial charge in [0.2, 0.25) is 0 Å². The molecule has 0 aliphatic carbocycles. The number of methoxy groups -OCH3 is 1. The Morgan fingerprint density at radius 2 is 1.89 bits per heavy atom. The largest absolute Gasteiger partial charge is 0.374 e. The average Bonchev–Trinajstić information content (AvgIpc) is 2.65. The van der Waals surface area contributed by atoms with Gasteiger partial charge in [-0.05, 0) is 19.4 Å². The zero-order valence-corrected chi connectivity index (χ0v) is 11.1. The molecule has 18 heavy (non-hydrogen) atoms. The lowest BCUT2D eigenvalue weighted by Gasteiger charge is -2.16. The van der Waals surface area contributed by atoms with Crippen LogP contribution in [0.15, 0.2) is 30.3 Å². The summed E-state index contributed by atoms with van der Waals surface area (Å²) in [6.07, 6.45) is -0.551. The number of ether oxygens (including phenoxy) is 4. The molecule has 1 heterocycles. The van der Waals surface area contributed by atoms with Crippen LogP contribution >= 0.6 is 0 Å². The molecule has 4 nitrogen and oxygen atoms in total. The third kappa shape index (κ3) is 3.53. The van der Waals surface area contributed by atoms with Crippen LogP contribution < -0.4 is 0 Å². The molecule has 0 amide bonds. The summed E-state index contributed by atoms with van der Waals surface area (Å²) in [5, 5.41) is 0. The van der Waals surface area contributed by atoms with Crippen LogP contribution in [-0.4, -0.2) is 31.9 Å². The van der Waals surface area contributed by atoms with E-state index >= 15 is 0 Å². The first-order valence-electron chi connectivity index (χ1n) is 6.11. The van der Waals surface area contributed by atoms with E-state index in [4.69, 9.17) is 18.9 Å². The maximum Gasteiger partial charge on any atom is 0.189 e. The molecular formula is C14H20O4. The molecule has 1 aliphatic heterocycles. The molecule has 2 atom stereocenters.